The van der Waals surface area contributed by atoms with Gasteiger partial charge in [0.2, 0.25) is 0 Å². The average Bonchev–Trinajstić information content (AvgIpc) is 2.60. The monoisotopic (exact) mass is 402 g/mol. The van der Waals surface area contributed by atoms with Crippen molar-refractivity contribution in [1.82, 2.24) is 4.98 Å². The number of nitrogens with one attached hydrogen (secondary N) is 1. The Morgan fingerprint density at radius 1 is 1.17 bits per heavy atom. The molecule has 0 spiro atoms. The molecule has 8 nitrogen and oxygen atoms in total. The molecule has 0 fully saturated rings. The topological polar surface area (TPSA) is 135 Å². The van der Waals surface area contributed by atoms with Crippen molar-refractivity contribution in [2.45, 2.75) is 52.1 Å². The molecule has 29 heavy (non-hydrogen) atoms. The summed E-state index contributed by atoms with van der Waals surface area (Å²) >= 11 is 0. The average molecular weight is 402 g/mol. The zero-order valence-corrected chi connectivity index (χ0v) is 17.4. The zero-order chi connectivity index (χ0) is 22.2. The summed E-state index contributed by atoms with van der Waals surface area (Å²) in [5.41, 5.74) is 5.61. The lowest BCUT2D eigenvalue weighted by Gasteiger charge is -2.20. The van der Waals surface area contributed by atoms with Gasteiger partial charge in [0, 0.05) is 5.39 Å². The van der Waals surface area contributed by atoms with E-state index in [9.17, 15) is 9.59 Å². The number of hydrogen-bond acceptors (Lipinski definition) is 6. The molecule has 1 aromatic carbocycles. The molecule has 2 atom stereocenters. The van der Waals surface area contributed by atoms with Crippen LogP contribution in [0, 0.1) is 5.92 Å². The third kappa shape index (κ3) is 8.49. The molecule has 0 bridgehead atoms. The summed E-state index contributed by atoms with van der Waals surface area (Å²) < 4.78 is 5.16. The number of pyridine rings is 1. The van der Waals surface area contributed by atoms with Crippen molar-refractivity contribution in [3.63, 3.8) is 0 Å². The lowest BCUT2D eigenvalue weighted by Crippen LogP contribution is -2.39. The highest BCUT2D eigenvalue weighted by atomic mass is 16.6. The SMILES string of the molecule is CC(C)(C)OC(=O)Nc1ccc2ccccc2n1.CC(C)C([B]O)[C@H](N)C(=O)O. The van der Waals surface area contributed by atoms with Gasteiger partial charge in [0.15, 0.2) is 0 Å². The number of hydrogen-bond donors (Lipinski definition) is 4. The van der Waals surface area contributed by atoms with Crippen LogP contribution < -0.4 is 11.1 Å². The van der Waals surface area contributed by atoms with Crippen molar-refractivity contribution in [3.05, 3.63) is 36.4 Å². The Kier molecular flexibility index (Phi) is 9.07. The molecule has 0 aliphatic heterocycles. The number of amides is 1. The number of ether oxygens (including phenoxy) is 1. The minimum Gasteiger partial charge on any atom is -0.480 e. The summed E-state index contributed by atoms with van der Waals surface area (Å²) in [5, 5.41) is 20.8. The lowest BCUT2D eigenvalue weighted by atomic mass is 9.68. The maximum Gasteiger partial charge on any atom is 0.413 e. The molecule has 2 aromatic rings. The van der Waals surface area contributed by atoms with Crippen LogP contribution in [0.4, 0.5) is 10.6 Å². The molecule has 2 rings (SSSR count). The minimum absolute atomic E-state index is 0.0334. The minimum atomic E-state index is -1.09. The van der Waals surface area contributed by atoms with Crippen LogP contribution in [0.1, 0.15) is 34.6 Å². The van der Waals surface area contributed by atoms with E-state index in [-0.39, 0.29) is 5.92 Å². The predicted octanol–water partition coefficient (Wildman–Crippen LogP) is 3.04. The largest absolute Gasteiger partial charge is 0.480 e. The first-order valence-corrected chi connectivity index (χ1v) is 9.26. The highest BCUT2D eigenvalue weighted by Crippen LogP contribution is 2.18. The molecule has 1 heterocycles. The van der Waals surface area contributed by atoms with Gasteiger partial charge in [-0.15, -0.1) is 0 Å². The van der Waals surface area contributed by atoms with Gasteiger partial charge >= 0.3 is 12.1 Å². The number of rotatable bonds is 5. The summed E-state index contributed by atoms with van der Waals surface area (Å²) in [6, 6.07) is 10.4. The fourth-order valence-corrected chi connectivity index (χ4v) is 2.39. The van der Waals surface area contributed by atoms with Crippen molar-refractivity contribution in [1.29, 1.82) is 0 Å². The van der Waals surface area contributed by atoms with E-state index < -0.39 is 29.5 Å². The molecule has 1 radical (unpaired) electrons. The lowest BCUT2D eigenvalue weighted by molar-refractivity contribution is -0.138. The molecule has 157 valence electrons. The molecule has 0 aliphatic carbocycles. The number of carboxylic acid groups (broad SMARTS) is 1. The Balaban J connectivity index is 0.000000331. The van der Waals surface area contributed by atoms with Gasteiger partial charge in [-0.25, -0.2) is 9.78 Å². The van der Waals surface area contributed by atoms with Crippen molar-refractivity contribution in [3.8, 4) is 0 Å². The molecule has 5 N–H and O–H groups in total. The standard InChI is InChI=1S/C14H16N2O2.C6H13BNO3/c1-14(2,3)18-13(17)16-12-9-8-10-6-4-5-7-11(10)15-12;1-3(2)4(7-11)5(8)6(9)10/h4-9H,1-3H3,(H,15,16,17);3-5,11H,8H2,1-2H3,(H,9,10)/t;4?,5-/m.0/s1. The van der Waals surface area contributed by atoms with Gasteiger partial charge in [-0.2, -0.15) is 0 Å². The van der Waals surface area contributed by atoms with Crippen LogP contribution in [-0.2, 0) is 9.53 Å². The third-order valence-corrected chi connectivity index (χ3v) is 3.87. The first-order chi connectivity index (χ1) is 13.4. The third-order valence-electron chi connectivity index (χ3n) is 3.87. The Morgan fingerprint density at radius 2 is 1.79 bits per heavy atom. The van der Waals surface area contributed by atoms with Crippen LogP contribution in [-0.4, -0.2) is 46.3 Å². The fourth-order valence-electron chi connectivity index (χ4n) is 2.39. The molecule has 0 saturated heterocycles. The normalized spacial score (nSPS) is 13.1. The quantitative estimate of drug-likeness (QED) is 0.565. The van der Waals surface area contributed by atoms with Crippen molar-refractivity contribution in [2.75, 3.05) is 5.32 Å². The van der Waals surface area contributed by atoms with E-state index >= 15 is 0 Å². The predicted molar refractivity (Wildman–Crippen MR) is 114 cm³/mol. The molecule has 0 saturated carbocycles. The van der Waals surface area contributed by atoms with Crippen molar-refractivity contribution >= 4 is 36.3 Å². The summed E-state index contributed by atoms with van der Waals surface area (Å²) in [7, 11) is 0.851. The number of anilines is 1. The van der Waals surface area contributed by atoms with E-state index in [4.69, 9.17) is 20.6 Å². The highest BCUT2D eigenvalue weighted by Gasteiger charge is 2.27. The van der Waals surface area contributed by atoms with Gasteiger partial charge < -0.3 is 20.6 Å². The summed E-state index contributed by atoms with van der Waals surface area (Å²) in [5.74, 6) is -1.05. The van der Waals surface area contributed by atoms with Crippen LogP contribution in [0.2, 0.25) is 5.82 Å². The second-order valence-electron chi connectivity index (χ2n) is 7.85. The summed E-state index contributed by atoms with van der Waals surface area (Å²) in [6.45, 7) is 9.07. The van der Waals surface area contributed by atoms with E-state index in [1.54, 1.807) is 19.9 Å². The van der Waals surface area contributed by atoms with Crippen LogP contribution in [0.3, 0.4) is 0 Å². The molecule has 1 aromatic heterocycles. The van der Waals surface area contributed by atoms with Gasteiger partial charge in [0.25, 0.3) is 7.48 Å². The highest BCUT2D eigenvalue weighted by molar-refractivity contribution is 6.29. The second kappa shape index (κ2) is 10.8. The van der Waals surface area contributed by atoms with Crippen LogP contribution >= 0.6 is 0 Å². The Bertz CT molecular complexity index is 823. The number of benzene rings is 1. The Hall–Kier alpha value is -2.65. The van der Waals surface area contributed by atoms with E-state index in [1.165, 1.54) is 0 Å². The van der Waals surface area contributed by atoms with Crippen LogP contribution in [0.5, 0.6) is 0 Å². The van der Waals surface area contributed by atoms with E-state index in [0.717, 1.165) is 18.4 Å². The number of para-hydroxylation sites is 1. The molecule has 9 heteroatoms. The van der Waals surface area contributed by atoms with Crippen molar-refractivity contribution in [2.24, 2.45) is 11.7 Å². The molecular formula is C20H29BN3O5. The van der Waals surface area contributed by atoms with Gasteiger partial charge in [-0.1, -0.05) is 32.0 Å². The Morgan fingerprint density at radius 3 is 2.28 bits per heavy atom. The number of nitrogens with two attached hydrogens (primary N) is 1. The number of carbonyl (C=O) groups excluding carboxylic acids is 1. The van der Waals surface area contributed by atoms with Gasteiger partial charge in [0.05, 0.1) is 5.52 Å². The first-order valence-electron chi connectivity index (χ1n) is 9.26. The summed E-state index contributed by atoms with van der Waals surface area (Å²) in [6.07, 6.45) is -0.495. The molecule has 0 aliphatic rings. The smallest absolute Gasteiger partial charge is 0.413 e. The second-order valence-corrected chi connectivity index (χ2v) is 7.85. The maximum atomic E-state index is 11.6. The number of aromatic nitrogens is 1. The molecule has 1 unspecified atom stereocenters. The molecular weight excluding hydrogens is 373 g/mol. The van der Waals surface area contributed by atoms with Gasteiger partial charge in [0.1, 0.15) is 17.5 Å². The van der Waals surface area contributed by atoms with Gasteiger partial charge in [-0.3, -0.25) is 10.1 Å². The van der Waals surface area contributed by atoms with Gasteiger partial charge in [-0.05, 0) is 50.7 Å². The van der Waals surface area contributed by atoms with Crippen LogP contribution in [0.25, 0.3) is 10.9 Å². The Labute approximate surface area is 171 Å². The first kappa shape index (κ1) is 24.4. The van der Waals surface area contributed by atoms with Crippen molar-refractivity contribution < 1.29 is 24.5 Å². The van der Waals surface area contributed by atoms with E-state index in [2.05, 4.69) is 10.3 Å². The van der Waals surface area contributed by atoms with Crippen LogP contribution in [0.15, 0.2) is 36.4 Å². The number of aliphatic carboxylic acids is 1. The zero-order valence-electron chi connectivity index (χ0n) is 17.4. The fraction of sp³-hybridized carbons (Fsp3) is 0.450. The van der Waals surface area contributed by atoms with E-state index in [1.807, 2.05) is 51.1 Å². The molecule has 1 amide bonds. The number of fused-ring (bicyclic) bond motifs is 1. The summed E-state index contributed by atoms with van der Waals surface area (Å²) in [4.78, 5) is 26.3. The van der Waals surface area contributed by atoms with E-state index in [0.29, 0.717) is 5.82 Å². The number of carbonyl (C=O) groups is 2. The number of carboxylic acids is 1. The number of nitrogens with zero attached hydrogens (tertiary/aromatic N) is 1. The maximum absolute atomic E-state index is 11.6.